The fourth-order valence-electron chi connectivity index (χ4n) is 1.82. The van der Waals surface area contributed by atoms with Crippen LogP contribution in [0.4, 0.5) is 0 Å². The van der Waals surface area contributed by atoms with Gasteiger partial charge in [-0.15, -0.1) is 0 Å². The van der Waals surface area contributed by atoms with Crippen LogP contribution in [-0.4, -0.2) is 21.5 Å². The van der Waals surface area contributed by atoms with Crippen LogP contribution in [0, 0.1) is 0 Å². The van der Waals surface area contributed by atoms with Crippen molar-refractivity contribution in [3.63, 3.8) is 0 Å². The molecule has 108 valence electrons. The lowest BCUT2D eigenvalue weighted by Crippen LogP contribution is -2.09. The first kappa shape index (κ1) is 14.6. The van der Waals surface area contributed by atoms with E-state index in [1.165, 1.54) is 0 Å². The van der Waals surface area contributed by atoms with Crippen molar-refractivity contribution < 1.29 is 9.84 Å². The summed E-state index contributed by atoms with van der Waals surface area (Å²) in [5.74, 6) is 0.663. The Balaban J connectivity index is 1.91. The Bertz CT molecular complexity index is 534. The molecule has 0 fully saturated rings. The van der Waals surface area contributed by atoms with E-state index < -0.39 is 6.10 Å². The van der Waals surface area contributed by atoms with Crippen molar-refractivity contribution in [1.29, 1.82) is 0 Å². The number of ether oxygens (including phenoxy) is 1. The molecule has 0 aliphatic rings. The molecular weight excluding hydrogens is 254 g/mol. The summed E-state index contributed by atoms with van der Waals surface area (Å²) in [4.78, 5) is 0. The maximum atomic E-state index is 10.1. The minimum absolute atomic E-state index is 0.200. The van der Waals surface area contributed by atoms with Gasteiger partial charge in [0.15, 0.2) is 5.75 Å². The second-order valence-corrected chi connectivity index (χ2v) is 5.02. The van der Waals surface area contributed by atoms with E-state index in [1.54, 1.807) is 6.20 Å². The molecule has 0 aliphatic heterocycles. The molecule has 1 unspecified atom stereocenters. The zero-order chi connectivity index (χ0) is 14.5. The van der Waals surface area contributed by atoms with Crippen molar-refractivity contribution in [3.8, 4) is 5.75 Å². The second-order valence-electron chi connectivity index (χ2n) is 5.02. The van der Waals surface area contributed by atoms with Gasteiger partial charge < -0.3 is 15.6 Å². The summed E-state index contributed by atoms with van der Waals surface area (Å²) in [6, 6.07) is 7.85. The van der Waals surface area contributed by atoms with E-state index in [0.717, 1.165) is 11.1 Å². The minimum Gasteiger partial charge on any atom is -0.487 e. The molecule has 1 atom stereocenters. The van der Waals surface area contributed by atoms with E-state index in [4.69, 9.17) is 10.5 Å². The van der Waals surface area contributed by atoms with Crippen LogP contribution in [-0.2, 0) is 6.54 Å². The van der Waals surface area contributed by atoms with E-state index in [-0.39, 0.29) is 6.61 Å². The van der Waals surface area contributed by atoms with Crippen LogP contribution in [0.5, 0.6) is 5.75 Å². The molecule has 2 aromatic rings. The highest BCUT2D eigenvalue weighted by Crippen LogP contribution is 2.17. The summed E-state index contributed by atoms with van der Waals surface area (Å²) in [5.41, 5.74) is 7.40. The molecule has 0 saturated heterocycles. The number of nitrogens with two attached hydrogens (primary N) is 1. The summed E-state index contributed by atoms with van der Waals surface area (Å²) < 4.78 is 7.37. The highest BCUT2D eigenvalue weighted by atomic mass is 16.5. The Hall–Kier alpha value is -1.85. The molecule has 20 heavy (non-hydrogen) atoms. The number of hydrogen-bond donors (Lipinski definition) is 2. The van der Waals surface area contributed by atoms with Gasteiger partial charge in [-0.1, -0.05) is 24.3 Å². The topological polar surface area (TPSA) is 73.3 Å². The van der Waals surface area contributed by atoms with Crippen molar-refractivity contribution in [1.82, 2.24) is 9.78 Å². The van der Waals surface area contributed by atoms with Crippen molar-refractivity contribution in [2.24, 2.45) is 5.73 Å². The van der Waals surface area contributed by atoms with Crippen molar-refractivity contribution >= 4 is 0 Å². The maximum Gasteiger partial charge on any atom is 0.157 e. The standard InChI is InChI=1S/C15H21N3O2/c1-11(2)18-9-14(8-17-18)20-10-15(19)13-5-3-12(7-16)4-6-13/h3-6,8-9,11,15,19H,7,10,16H2,1-2H3. The summed E-state index contributed by atoms with van der Waals surface area (Å²) >= 11 is 0. The molecule has 5 heteroatoms. The summed E-state index contributed by atoms with van der Waals surface area (Å²) in [6.45, 7) is 4.79. The fourth-order valence-corrected chi connectivity index (χ4v) is 1.82. The Morgan fingerprint density at radius 2 is 2.00 bits per heavy atom. The van der Waals surface area contributed by atoms with Gasteiger partial charge in [0.25, 0.3) is 0 Å². The maximum absolute atomic E-state index is 10.1. The van der Waals surface area contributed by atoms with Crippen LogP contribution in [0.25, 0.3) is 0 Å². The number of benzene rings is 1. The quantitative estimate of drug-likeness (QED) is 0.846. The molecule has 0 aliphatic carbocycles. The third-order valence-electron chi connectivity index (χ3n) is 3.11. The highest BCUT2D eigenvalue weighted by Gasteiger charge is 2.10. The molecule has 0 radical (unpaired) electrons. The van der Waals surface area contributed by atoms with Crippen LogP contribution in [0.2, 0.25) is 0 Å². The average molecular weight is 275 g/mol. The van der Waals surface area contributed by atoms with Crippen LogP contribution < -0.4 is 10.5 Å². The van der Waals surface area contributed by atoms with Crippen molar-refractivity contribution in [3.05, 3.63) is 47.8 Å². The highest BCUT2D eigenvalue weighted by molar-refractivity contribution is 5.24. The van der Waals surface area contributed by atoms with Gasteiger partial charge in [-0.2, -0.15) is 5.10 Å². The number of aromatic nitrogens is 2. The first-order valence-electron chi connectivity index (χ1n) is 6.74. The van der Waals surface area contributed by atoms with Crippen molar-refractivity contribution in [2.45, 2.75) is 32.5 Å². The van der Waals surface area contributed by atoms with Gasteiger partial charge in [0.05, 0.1) is 12.4 Å². The number of hydrogen-bond acceptors (Lipinski definition) is 4. The normalized spacial score (nSPS) is 12.7. The Labute approximate surface area is 119 Å². The first-order valence-corrected chi connectivity index (χ1v) is 6.74. The van der Waals surface area contributed by atoms with E-state index in [9.17, 15) is 5.11 Å². The molecule has 3 N–H and O–H groups in total. The molecule has 2 rings (SSSR count). The lowest BCUT2D eigenvalue weighted by Gasteiger charge is -2.12. The van der Waals surface area contributed by atoms with Gasteiger partial charge in [0.2, 0.25) is 0 Å². The molecule has 0 amide bonds. The number of aliphatic hydroxyl groups is 1. The number of rotatable bonds is 6. The van der Waals surface area contributed by atoms with Crippen molar-refractivity contribution in [2.75, 3.05) is 6.61 Å². The predicted molar refractivity (Wildman–Crippen MR) is 77.4 cm³/mol. The van der Waals surface area contributed by atoms with Crippen LogP contribution in [0.1, 0.15) is 37.1 Å². The summed E-state index contributed by atoms with van der Waals surface area (Å²) in [7, 11) is 0. The molecule has 5 nitrogen and oxygen atoms in total. The Morgan fingerprint density at radius 3 is 2.55 bits per heavy atom. The zero-order valence-corrected chi connectivity index (χ0v) is 11.9. The third kappa shape index (κ3) is 3.59. The minimum atomic E-state index is -0.663. The predicted octanol–water partition coefficient (Wildman–Crippen LogP) is 2.04. The molecule has 1 aromatic heterocycles. The molecule has 1 aromatic carbocycles. The molecule has 0 bridgehead atoms. The monoisotopic (exact) mass is 275 g/mol. The Morgan fingerprint density at radius 1 is 1.30 bits per heavy atom. The number of nitrogens with zero attached hydrogens (tertiary/aromatic N) is 2. The Kier molecular flexibility index (Phi) is 4.76. The lowest BCUT2D eigenvalue weighted by atomic mass is 10.1. The van der Waals surface area contributed by atoms with Gasteiger partial charge in [-0.05, 0) is 25.0 Å². The molecule has 1 heterocycles. The summed E-state index contributed by atoms with van der Waals surface area (Å²) in [5, 5.41) is 14.3. The summed E-state index contributed by atoms with van der Waals surface area (Å²) in [6.07, 6.45) is 2.82. The van der Waals surface area contributed by atoms with Gasteiger partial charge >= 0.3 is 0 Å². The zero-order valence-electron chi connectivity index (χ0n) is 11.9. The third-order valence-corrected chi connectivity index (χ3v) is 3.11. The molecular formula is C15H21N3O2. The van der Waals surface area contributed by atoms with E-state index >= 15 is 0 Å². The average Bonchev–Trinajstić information content (AvgIpc) is 2.94. The van der Waals surface area contributed by atoms with E-state index in [2.05, 4.69) is 5.10 Å². The second kappa shape index (κ2) is 6.54. The largest absolute Gasteiger partial charge is 0.487 e. The van der Waals surface area contributed by atoms with Crippen LogP contribution >= 0.6 is 0 Å². The lowest BCUT2D eigenvalue weighted by molar-refractivity contribution is 0.108. The first-order chi connectivity index (χ1) is 9.60. The van der Waals surface area contributed by atoms with E-state index in [0.29, 0.717) is 18.3 Å². The fraction of sp³-hybridized carbons (Fsp3) is 0.400. The molecule has 0 saturated carbocycles. The van der Waals surface area contributed by atoms with Gasteiger partial charge in [-0.25, -0.2) is 0 Å². The van der Waals surface area contributed by atoms with E-state index in [1.807, 2.05) is 49.0 Å². The smallest absolute Gasteiger partial charge is 0.157 e. The van der Waals surface area contributed by atoms with Crippen LogP contribution in [0.3, 0.4) is 0 Å². The van der Waals surface area contributed by atoms with Gasteiger partial charge in [-0.3, -0.25) is 4.68 Å². The van der Waals surface area contributed by atoms with Crippen LogP contribution in [0.15, 0.2) is 36.7 Å². The SMILES string of the molecule is CC(C)n1cc(OCC(O)c2ccc(CN)cc2)cn1. The van der Waals surface area contributed by atoms with Gasteiger partial charge in [0, 0.05) is 12.6 Å². The number of aliphatic hydroxyl groups excluding tert-OH is 1. The van der Waals surface area contributed by atoms with Gasteiger partial charge in [0.1, 0.15) is 12.7 Å². The molecule has 0 spiro atoms.